The van der Waals surface area contributed by atoms with Crippen LogP contribution in [-0.2, 0) is 4.79 Å². The van der Waals surface area contributed by atoms with E-state index in [1.807, 2.05) is 6.08 Å². The zero-order chi connectivity index (χ0) is 44.2. The standard InChI is InChI=1S/C57H111NO3/c1-3-5-7-9-11-13-15-17-19-21-23-25-26-27-28-29-30-31-32-33-35-37-39-41-43-45-47-49-51-53-57(61)58-55(54-59)56(60)52-50-48-46-44-42-40-38-36-34-24-22-20-18-16-14-12-10-8-6-4-2/h42,44,50,52,55-56,59-60H,3-41,43,45-49,51,53-54H2,1-2H3,(H,58,61)/b44-42+,52-50+. The van der Waals surface area contributed by atoms with E-state index in [1.54, 1.807) is 6.08 Å². The highest BCUT2D eigenvalue weighted by Crippen LogP contribution is 2.18. The van der Waals surface area contributed by atoms with Crippen LogP contribution in [0.25, 0.3) is 0 Å². The van der Waals surface area contributed by atoms with Gasteiger partial charge in [-0.15, -0.1) is 0 Å². The molecule has 0 aromatic rings. The molecule has 0 spiro atoms. The van der Waals surface area contributed by atoms with Crippen molar-refractivity contribution in [1.29, 1.82) is 0 Å². The Hall–Kier alpha value is -1.13. The van der Waals surface area contributed by atoms with Crippen molar-refractivity contribution >= 4 is 5.91 Å². The van der Waals surface area contributed by atoms with Gasteiger partial charge >= 0.3 is 0 Å². The van der Waals surface area contributed by atoms with E-state index in [9.17, 15) is 15.0 Å². The van der Waals surface area contributed by atoms with E-state index in [0.717, 1.165) is 32.1 Å². The molecule has 0 aromatic heterocycles. The van der Waals surface area contributed by atoms with Gasteiger partial charge in [0, 0.05) is 6.42 Å². The molecule has 0 aliphatic heterocycles. The Morgan fingerprint density at radius 2 is 0.639 bits per heavy atom. The van der Waals surface area contributed by atoms with Crippen LogP contribution in [0.2, 0.25) is 0 Å². The van der Waals surface area contributed by atoms with Crippen molar-refractivity contribution in [3.63, 3.8) is 0 Å². The van der Waals surface area contributed by atoms with Gasteiger partial charge < -0.3 is 15.5 Å². The largest absolute Gasteiger partial charge is 0.394 e. The highest BCUT2D eigenvalue weighted by atomic mass is 16.3. The van der Waals surface area contributed by atoms with E-state index in [4.69, 9.17) is 0 Å². The van der Waals surface area contributed by atoms with Crippen molar-refractivity contribution in [1.82, 2.24) is 5.32 Å². The highest BCUT2D eigenvalue weighted by molar-refractivity contribution is 5.76. The fraction of sp³-hybridized carbons (Fsp3) is 0.912. The lowest BCUT2D eigenvalue weighted by Crippen LogP contribution is -2.45. The summed E-state index contributed by atoms with van der Waals surface area (Å²) in [7, 11) is 0. The molecule has 0 saturated heterocycles. The summed E-state index contributed by atoms with van der Waals surface area (Å²) in [6.07, 6.45) is 70.6. The average molecular weight is 859 g/mol. The lowest BCUT2D eigenvalue weighted by atomic mass is 10.0. The van der Waals surface area contributed by atoms with Gasteiger partial charge in [0.05, 0.1) is 18.8 Å². The van der Waals surface area contributed by atoms with Gasteiger partial charge in [-0.25, -0.2) is 0 Å². The van der Waals surface area contributed by atoms with Crippen molar-refractivity contribution in [2.45, 2.75) is 328 Å². The van der Waals surface area contributed by atoms with Gasteiger partial charge in [-0.2, -0.15) is 0 Å². The van der Waals surface area contributed by atoms with Crippen molar-refractivity contribution in [3.8, 4) is 0 Å². The summed E-state index contributed by atoms with van der Waals surface area (Å²) >= 11 is 0. The van der Waals surface area contributed by atoms with E-state index in [0.29, 0.717) is 6.42 Å². The Labute approximate surface area is 383 Å². The Balaban J connectivity index is 3.47. The minimum absolute atomic E-state index is 0.0667. The molecule has 0 aliphatic rings. The molecule has 3 N–H and O–H groups in total. The van der Waals surface area contributed by atoms with Crippen LogP contribution in [0, 0.1) is 0 Å². The third-order valence-electron chi connectivity index (χ3n) is 13.2. The van der Waals surface area contributed by atoms with Crippen molar-refractivity contribution in [2.24, 2.45) is 0 Å². The molecule has 0 bridgehead atoms. The van der Waals surface area contributed by atoms with Crippen LogP contribution in [-0.4, -0.2) is 34.9 Å². The Morgan fingerprint density at radius 1 is 0.377 bits per heavy atom. The molecular weight excluding hydrogens is 747 g/mol. The van der Waals surface area contributed by atoms with Gasteiger partial charge in [0.1, 0.15) is 0 Å². The molecule has 362 valence electrons. The number of hydrogen-bond donors (Lipinski definition) is 3. The summed E-state index contributed by atoms with van der Waals surface area (Å²) in [6.45, 7) is 4.34. The minimum atomic E-state index is -0.859. The molecular formula is C57H111NO3. The second-order valence-corrected chi connectivity index (χ2v) is 19.4. The van der Waals surface area contributed by atoms with Crippen molar-refractivity contribution < 1.29 is 15.0 Å². The van der Waals surface area contributed by atoms with Crippen LogP contribution in [0.15, 0.2) is 24.3 Å². The summed E-state index contributed by atoms with van der Waals surface area (Å²) in [5.74, 6) is -0.0667. The average Bonchev–Trinajstić information content (AvgIpc) is 3.26. The first-order chi connectivity index (χ1) is 30.2. The summed E-state index contributed by atoms with van der Waals surface area (Å²) in [5.41, 5.74) is 0. The monoisotopic (exact) mass is 858 g/mol. The minimum Gasteiger partial charge on any atom is -0.394 e. The fourth-order valence-corrected chi connectivity index (χ4v) is 8.90. The van der Waals surface area contributed by atoms with E-state index in [2.05, 4.69) is 31.3 Å². The maximum Gasteiger partial charge on any atom is 0.220 e. The number of aliphatic hydroxyl groups excluding tert-OH is 2. The summed E-state index contributed by atoms with van der Waals surface area (Å²) in [4.78, 5) is 12.5. The van der Waals surface area contributed by atoms with Gasteiger partial charge in [0.15, 0.2) is 0 Å². The summed E-state index contributed by atoms with van der Waals surface area (Å²) in [6, 6.07) is -0.636. The zero-order valence-electron chi connectivity index (χ0n) is 41.7. The van der Waals surface area contributed by atoms with Crippen LogP contribution in [0.1, 0.15) is 316 Å². The SMILES string of the molecule is CCCCCCCCCCCCCCCC/C=C/CC/C=C/C(O)C(CO)NC(=O)CCCCCCCCCCCCCCCCCCCCCCCCCCCCCCC. The predicted octanol–water partition coefficient (Wildman–Crippen LogP) is 18.3. The molecule has 0 aromatic carbocycles. The Bertz CT molecular complexity index is 886. The van der Waals surface area contributed by atoms with Crippen LogP contribution in [0.4, 0.5) is 0 Å². The van der Waals surface area contributed by atoms with Crippen molar-refractivity contribution in [2.75, 3.05) is 6.61 Å². The molecule has 0 rings (SSSR count). The molecule has 4 heteroatoms. The molecule has 0 fully saturated rings. The second-order valence-electron chi connectivity index (χ2n) is 19.4. The number of unbranched alkanes of at least 4 members (excludes halogenated alkanes) is 43. The van der Waals surface area contributed by atoms with Gasteiger partial charge in [-0.1, -0.05) is 301 Å². The molecule has 0 heterocycles. The second kappa shape index (κ2) is 53.2. The topological polar surface area (TPSA) is 69.6 Å². The van der Waals surface area contributed by atoms with Crippen LogP contribution in [0.5, 0.6) is 0 Å². The number of amides is 1. The van der Waals surface area contributed by atoms with Gasteiger partial charge in [0.25, 0.3) is 0 Å². The molecule has 0 aliphatic carbocycles. The van der Waals surface area contributed by atoms with E-state index >= 15 is 0 Å². The Kier molecular flexibility index (Phi) is 52.2. The maximum atomic E-state index is 12.5. The quantitative estimate of drug-likeness (QED) is 0.0422. The number of allylic oxidation sites excluding steroid dienone is 3. The third kappa shape index (κ3) is 49.7. The molecule has 2 atom stereocenters. The van der Waals surface area contributed by atoms with Gasteiger partial charge in [-0.05, 0) is 32.1 Å². The van der Waals surface area contributed by atoms with Crippen LogP contribution < -0.4 is 5.32 Å². The first-order valence-electron chi connectivity index (χ1n) is 28.1. The first kappa shape index (κ1) is 59.9. The van der Waals surface area contributed by atoms with Gasteiger partial charge in [-0.3, -0.25) is 4.79 Å². The highest BCUT2D eigenvalue weighted by Gasteiger charge is 2.18. The van der Waals surface area contributed by atoms with Crippen LogP contribution in [0.3, 0.4) is 0 Å². The number of carbonyl (C=O) groups excluding carboxylic acids is 1. The lowest BCUT2D eigenvalue weighted by molar-refractivity contribution is -0.123. The normalized spacial score (nSPS) is 12.9. The van der Waals surface area contributed by atoms with E-state index in [-0.39, 0.29) is 12.5 Å². The maximum absolute atomic E-state index is 12.5. The molecule has 1 amide bonds. The van der Waals surface area contributed by atoms with E-state index in [1.165, 1.54) is 263 Å². The van der Waals surface area contributed by atoms with E-state index < -0.39 is 12.1 Å². The molecule has 4 nitrogen and oxygen atoms in total. The zero-order valence-corrected chi connectivity index (χ0v) is 41.7. The summed E-state index contributed by atoms with van der Waals surface area (Å²) in [5, 5.41) is 23.1. The van der Waals surface area contributed by atoms with Crippen molar-refractivity contribution in [3.05, 3.63) is 24.3 Å². The number of aliphatic hydroxyl groups is 2. The Morgan fingerprint density at radius 3 is 0.951 bits per heavy atom. The number of rotatable bonds is 52. The summed E-state index contributed by atoms with van der Waals surface area (Å²) < 4.78 is 0. The number of nitrogens with one attached hydrogen (secondary N) is 1. The molecule has 0 saturated carbocycles. The first-order valence-corrected chi connectivity index (χ1v) is 28.1. The molecule has 2 unspecified atom stereocenters. The van der Waals surface area contributed by atoms with Gasteiger partial charge in [0.2, 0.25) is 5.91 Å². The third-order valence-corrected chi connectivity index (χ3v) is 13.2. The molecule has 61 heavy (non-hydrogen) atoms. The van der Waals surface area contributed by atoms with Crippen LogP contribution >= 0.6 is 0 Å². The lowest BCUT2D eigenvalue weighted by Gasteiger charge is -2.19. The smallest absolute Gasteiger partial charge is 0.220 e. The number of carbonyl (C=O) groups is 1. The fourth-order valence-electron chi connectivity index (χ4n) is 8.90. The number of hydrogen-bond acceptors (Lipinski definition) is 3. The molecule has 0 radical (unpaired) electrons. The predicted molar refractivity (Wildman–Crippen MR) is 272 cm³/mol.